The van der Waals surface area contributed by atoms with Crippen molar-refractivity contribution in [3.05, 3.63) is 53.6 Å². The van der Waals surface area contributed by atoms with E-state index in [0.29, 0.717) is 12.2 Å². The molecule has 0 fully saturated rings. The Bertz CT molecular complexity index is 1170. The fourth-order valence-corrected chi connectivity index (χ4v) is 4.69. The molecule has 0 saturated heterocycles. The topological polar surface area (TPSA) is 105 Å². The molecular formula is C27H39N3O6S. The predicted molar refractivity (Wildman–Crippen MR) is 145 cm³/mol. The summed E-state index contributed by atoms with van der Waals surface area (Å²) in [6.45, 7) is 7.32. The van der Waals surface area contributed by atoms with Crippen LogP contribution in [-0.2, 0) is 26.2 Å². The maximum atomic E-state index is 13.8. The Morgan fingerprint density at radius 3 is 2.16 bits per heavy atom. The molecule has 0 unspecified atom stereocenters. The Hall–Kier alpha value is -3.27. The minimum atomic E-state index is -3.89. The number of amides is 2. The van der Waals surface area contributed by atoms with Crippen molar-refractivity contribution in [1.29, 1.82) is 0 Å². The minimum absolute atomic E-state index is 0.0612. The molecular weight excluding hydrogens is 494 g/mol. The van der Waals surface area contributed by atoms with Crippen molar-refractivity contribution in [2.24, 2.45) is 0 Å². The van der Waals surface area contributed by atoms with Crippen molar-refractivity contribution >= 4 is 27.5 Å². The van der Waals surface area contributed by atoms with Crippen molar-refractivity contribution in [2.45, 2.75) is 59.2 Å². The first-order valence-corrected chi connectivity index (χ1v) is 14.1. The molecule has 2 aromatic rings. The van der Waals surface area contributed by atoms with E-state index in [9.17, 15) is 18.0 Å². The molecule has 0 aliphatic rings. The molecule has 0 bridgehead atoms. The molecule has 37 heavy (non-hydrogen) atoms. The van der Waals surface area contributed by atoms with Crippen molar-refractivity contribution in [3.8, 4) is 11.5 Å². The molecule has 0 aliphatic heterocycles. The van der Waals surface area contributed by atoms with Crippen molar-refractivity contribution < 1.29 is 27.5 Å². The second kappa shape index (κ2) is 13.3. The molecule has 0 radical (unpaired) electrons. The van der Waals surface area contributed by atoms with Gasteiger partial charge < -0.3 is 19.7 Å². The van der Waals surface area contributed by atoms with Crippen molar-refractivity contribution in [1.82, 2.24) is 10.2 Å². The van der Waals surface area contributed by atoms with Crippen LogP contribution in [0, 0.1) is 6.92 Å². The molecule has 0 spiro atoms. The van der Waals surface area contributed by atoms with E-state index in [2.05, 4.69) is 5.32 Å². The summed E-state index contributed by atoms with van der Waals surface area (Å²) < 4.78 is 37.3. The van der Waals surface area contributed by atoms with Crippen molar-refractivity contribution in [2.75, 3.05) is 31.3 Å². The average molecular weight is 534 g/mol. The number of sulfonamides is 1. The van der Waals surface area contributed by atoms with Crippen LogP contribution in [-0.4, -0.2) is 64.2 Å². The fraction of sp³-hybridized carbons (Fsp3) is 0.481. The molecule has 2 atom stereocenters. The van der Waals surface area contributed by atoms with E-state index in [-0.39, 0.29) is 29.9 Å². The van der Waals surface area contributed by atoms with Gasteiger partial charge in [0.2, 0.25) is 21.8 Å². The van der Waals surface area contributed by atoms with Crippen LogP contribution < -0.4 is 19.1 Å². The maximum Gasteiger partial charge on any atom is 0.244 e. The van der Waals surface area contributed by atoms with E-state index in [0.717, 1.165) is 28.1 Å². The molecule has 10 heteroatoms. The predicted octanol–water partition coefficient (Wildman–Crippen LogP) is 3.50. The second-order valence-corrected chi connectivity index (χ2v) is 11.0. The van der Waals surface area contributed by atoms with E-state index < -0.39 is 28.5 Å². The van der Waals surface area contributed by atoms with Crippen LogP contribution in [0.5, 0.6) is 11.5 Å². The van der Waals surface area contributed by atoms with Gasteiger partial charge in [-0.15, -0.1) is 0 Å². The van der Waals surface area contributed by atoms with Crippen LogP contribution in [0.2, 0.25) is 0 Å². The zero-order chi connectivity index (χ0) is 27.8. The summed E-state index contributed by atoms with van der Waals surface area (Å²) in [4.78, 5) is 28.4. The Labute approximate surface area is 220 Å². The van der Waals surface area contributed by atoms with Crippen LogP contribution in [0.4, 0.5) is 5.69 Å². The first-order valence-electron chi connectivity index (χ1n) is 12.3. The molecule has 2 amide bonds. The number of nitrogens with zero attached hydrogens (tertiary/aromatic N) is 2. The quantitative estimate of drug-likeness (QED) is 0.423. The van der Waals surface area contributed by atoms with Crippen LogP contribution in [0.25, 0.3) is 0 Å². The molecule has 2 aromatic carbocycles. The van der Waals surface area contributed by atoms with Gasteiger partial charge in [0.15, 0.2) is 0 Å². The number of ether oxygens (including phenoxy) is 2. The average Bonchev–Trinajstić information content (AvgIpc) is 2.86. The smallest absolute Gasteiger partial charge is 0.244 e. The Balaban J connectivity index is 2.50. The lowest BCUT2D eigenvalue weighted by Gasteiger charge is -2.33. The van der Waals surface area contributed by atoms with E-state index in [1.54, 1.807) is 12.1 Å². The number of carbonyl (C=O) groups is 2. The second-order valence-electron chi connectivity index (χ2n) is 9.06. The molecule has 204 valence electrons. The number of anilines is 1. The number of rotatable bonds is 13. The summed E-state index contributed by atoms with van der Waals surface area (Å²) in [6.07, 6.45) is 2.14. The van der Waals surface area contributed by atoms with Gasteiger partial charge in [-0.3, -0.25) is 13.9 Å². The summed E-state index contributed by atoms with van der Waals surface area (Å²) in [5.41, 5.74) is 2.10. The molecule has 0 heterocycles. The van der Waals surface area contributed by atoms with Gasteiger partial charge in [-0.05, 0) is 44.4 Å². The molecule has 1 N–H and O–H groups in total. The highest BCUT2D eigenvalue weighted by atomic mass is 32.2. The van der Waals surface area contributed by atoms with Crippen LogP contribution in [0.15, 0.2) is 42.5 Å². The van der Waals surface area contributed by atoms with Gasteiger partial charge in [-0.25, -0.2) is 8.42 Å². The maximum absolute atomic E-state index is 13.8. The highest BCUT2D eigenvalue weighted by Gasteiger charge is 2.33. The summed E-state index contributed by atoms with van der Waals surface area (Å²) >= 11 is 0. The Morgan fingerprint density at radius 1 is 1.00 bits per heavy atom. The third-order valence-electron chi connectivity index (χ3n) is 6.20. The molecule has 2 rings (SSSR count). The zero-order valence-electron chi connectivity index (χ0n) is 22.8. The van der Waals surface area contributed by atoms with Gasteiger partial charge in [0.25, 0.3) is 0 Å². The fourth-order valence-electron chi connectivity index (χ4n) is 3.84. The largest absolute Gasteiger partial charge is 0.497 e. The van der Waals surface area contributed by atoms with Gasteiger partial charge >= 0.3 is 0 Å². The monoisotopic (exact) mass is 533 g/mol. The standard InChI is InChI=1S/C27H39N3O6S/c1-8-20(4)28-27(32)23(9-2)29(17-21-12-10-19(3)11-13-21)26(31)18-30(37(7,33)34)24-15-14-22(35-5)16-25(24)36-6/h10-16,20,23H,8-9,17-18H2,1-7H3,(H,28,32)/t20-,23-/m1/s1. The van der Waals surface area contributed by atoms with Gasteiger partial charge in [-0.2, -0.15) is 0 Å². The number of aryl methyl sites for hydroxylation is 1. The lowest BCUT2D eigenvalue weighted by molar-refractivity contribution is -0.140. The molecule has 0 saturated carbocycles. The van der Waals surface area contributed by atoms with Gasteiger partial charge in [0.05, 0.1) is 26.2 Å². The van der Waals surface area contributed by atoms with E-state index in [4.69, 9.17) is 9.47 Å². The number of benzene rings is 2. The molecule has 9 nitrogen and oxygen atoms in total. The van der Waals surface area contributed by atoms with Crippen LogP contribution >= 0.6 is 0 Å². The SMILES string of the molecule is CC[C@@H](C)NC(=O)[C@@H](CC)N(Cc1ccc(C)cc1)C(=O)CN(c1ccc(OC)cc1OC)S(C)(=O)=O. The van der Waals surface area contributed by atoms with Crippen LogP contribution in [0.3, 0.4) is 0 Å². The summed E-state index contributed by atoms with van der Waals surface area (Å²) in [5.74, 6) is -0.0568. The first-order chi connectivity index (χ1) is 17.4. The number of hydrogen-bond donors (Lipinski definition) is 1. The minimum Gasteiger partial charge on any atom is -0.497 e. The third-order valence-corrected chi connectivity index (χ3v) is 7.32. The summed E-state index contributed by atoms with van der Waals surface area (Å²) in [6, 6.07) is 11.5. The van der Waals surface area contributed by atoms with E-state index in [1.165, 1.54) is 25.2 Å². The van der Waals surface area contributed by atoms with Crippen molar-refractivity contribution in [3.63, 3.8) is 0 Å². The molecule has 0 aliphatic carbocycles. The Morgan fingerprint density at radius 2 is 1.65 bits per heavy atom. The number of carbonyl (C=O) groups excluding carboxylic acids is 2. The van der Waals surface area contributed by atoms with Crippen LogP contribution in [0.1, 0.15) is 44.7 Å². The number of methoxy groups -OCH3 is 2. The summed E-state index contributed by atoms with van der Waals surface area (Å²) in [5, 5.41) is 2.96. The van der Waals surface area contributed by atoms with E-state index in [1.807, 2.05) is 52.0 Å². The summed E-state index contributed by atoms with van der Waals surface area (Å²) in [7, 11) is -0.984. The normalized spacial score (nSPS) is 12.8. The number of nitrogens with one attached hydrogen (secondary N) is 1. The highest BCUT2D eigenvalue weighted by molar-refractivity contribution is 7.92. The third kappa shape index (κ3) is 8.11. The van der Waals surface area contributed by atoms with Gasteiger partial charge in [0.1, 0.15) is 24.1 Å². The first kappa shape index (κ1) is 30.0. The van der Waals surface area contributed by atoms with Gasteiger partial charge in [-0.1, -0.05) is 43.7 Å². The number of hydrogen-bond acceptors (Lipinski definition) is 6. The lowest BCUT2D eigenvalue weighted by Crippen LogP contribution is -2.53. The van der Waals surface area contributed by atoms with Gasteiger partial charge in [0, 0.05) is 18.7 Å². The van der Waals surface area contributed by atoms with E-state index >= 15 is 0 Å². The lowest BCUT2D eigenvalue weighted by atomic mass is 10.1. The zero-order valence-corrected chi connectivity index (χ0v) is 23.6. The molecule has 0 aromatic heterocycles. The Kier molecular flexibility index (Phi) is 10.8. The highest BCUT2D eigenvalue weighted by Crippen LogP contribution is 2.33.